The van der Waals surface area contributed by atoms with E-state index in [2.05, 4.69) is 47.0 Å². The number of amides is 1. The molecule has 1 fully saturated rings. The standard InChI is InChI=1S/C21H14Br2N4O3S/c22-15-7-14(19(28)17(23)9-15)8-18-20(29)27(12-16-4-2-6-30-16)21(31-18)26-25-11-13-3-1-5-24-10-13/h1-11,28H,12H2/b18-8-,25-11+,26-21-. The molecule has 1 amide bonds. The summed E-state index contributed by atoms with van der Waals surface area (Å²) in [6.07, 6.45) is 8.08. The number of hydrogen-bond donors (Lipinski definition) is 1. The molecule has 7 nitrogen and oxygen atoms in total. The van der Waals surface area contributed by atoms with Crippen LogP contribution in [0.4, 0.5) is 0 Å². The molecule has 0 aliphatic carbocycles. The molecule has 0 bridgehead atoms. The molecular weight excluding hydrogens is 548 g/mol. The van der Waals surface area contributed by atoms with Crippen molar-refractivity contribution in [2.75, 3.05) is 0 Å². The summed E-state index contributed by atoms with van der Waals surface area (Å²) >= 11 is 7.88. The number of aromatic nitrogens is 1. The van der Waals surface area contributed by atoms with Gasteiger partial charge in [-0.2, -0.15) is 5.10 Å². The first kappa shape index (κ1) is 21.5. The predicted octanol–water partition coefficient (Wildman–Crippen LogP) is 5.41. The van der Waals surface area contributed by atoms with Gasteiger partial charge in [-0.1, -0.05) is 22.0 Å². The molecule has 1 N–H and O–H groups in total. The first-order chi connectivity index (χ1) is 15.0. The lowest BCUT2D eigenvalue weighted by Crippen LogP contribution is -2.28. The number of halogens is 2. The lowest BCUT2D eigenvalue weighted by atomic mass is 10.2. The van der Waals surface area contributed by atoms with Crippen molar-refractivity contribution < 1.29 is 14.3 Å². The highest BCUT2D eigenvalue weighted by molar-refractivity contribution is 9.11. The van der Waals surface area contributed by atoms with Gasteiger partial charge in [0.15, 0.2) is 5.17 Å². The molecule has 3 aromatic rings. The number of phenols is 1. The van der Waals surface area contributed by atoms with Crippen molar-refractivity contribution in [1.82, 2.24) is 9.88 Å². The zero-order valence-corrected chi connectivity index (χ0v) is 19.8. The van der Waals surface area contributed by atoms with Gasteiger partial charge in [-0.3, -0.25) is 14.7 Å². The van der Waals surface area contributed by atoms with Crippen LogP contribution in [0, 0.1) is 0 Å². The fraction of sp³-hybridized carbons (Fsp3) is 0.0476. The third kappa shape index (κ3) is 5.15. The Hall–Kier alpha value is -2.69. The number of pyridine rings is 1. The highest BCUT2D eigenvalue weighted by atomic mass is 79.9. The second-order valence-corrected chi connectivity index (χ2v) is 9.10. The Morgan fingerprint density at radius 3 is 2.87 bits per heavy atom. The molecule has 156 valence electrons. The molecule has 3 heterocycles. The topological polar surface area (TPSA) is 91.3 Å². The van der Waals surface area contributed by atoms with Crippen LogP contribution in [0.3, 0.4) is 0 Å². The van der Waals surface area contributed by atoms with E-state index >= 15 is 0 Å². The van der Waals surface area contributed by atoms with E-state index in [1.54, 1.807) is 61.3 Å². The van der Waals surface area contributed by atoms with Gasteiger partial charge in [-0.05, 0) is 64.1 Å². The van der Waals surface area contributed by atoms with E-state index in [4.69, 9.17) is 4.42 Å². The van der Waals surface area contributed by atoms with E-state index in [1.165, 1.54) is 16.7 Å². The summed E-state index contributed by atoms with van der Waals surface area (Å²) in [5.74, 6) is 0.404. The maximum Gasteiger partial charge on any atom is 0.267 e. The lowest BCUT2D eigenvalue weighted by molar-refractivity contribution is -0.122. The maximum atomic E-state index is 13.1. The van der Waals surface area contributed by atoms with Crippen molar-refractivity contribution in [3.05, 3.63) is 85.8 Å². The Bertz CT molecular complexity index is 1190. The largest absolute Gasteiger partial charge is 0.506 e. The molecule has 1 aliphatic rings. The average Bonchev–Trinajstić information content (AvgIpc) is 3.37. The molecule has 4 rings (SSSR count). The molecule has 1 aliphatic heterocycles. The zero-order valence-electron chi connectivity index (χ0n) is 15.8. The molecular formula is C21H14Br2N4O3S. The Morgan fingerprint density at radius 1 is 1.26 bits per heavy atom. The van der Waals surface area contributed by atoms with E-state index < -0.39 is 0 Å². The second kappa shape index (κ2) is 9.63. The van der Waals surface area contributed by atoms with E-state index in [0.717, 1.165) is 10.0 Å². The maximum absolute atomic E-state index is 13.1. The molecule has 31 heavy (non-hydrogen) atoms. The Balaban J connectivity index is 1.67. The summed E-state index contributed by atoms with van der Waals surface area (Å²) < 4.78 is 6.68. The SMILES string of the molecule is O=C1/C(=C/c2cc(Br)cc(Br)c2O)S/C(=N\N=C\c2cccnc2)N1Cc1ccco1. The van der Waals surface area contributed by atoms with Crippen LogP contribution < -0.4 is 0 Å². The number of phenolic OH excluding ortho intramolecular Hbond substituents is 1. The summed E-state index contributed by atoms with van der Waals surface area (Å²) in [5.41, 5.74) is 1.29. The van der Waals surface area contributed by atoms with Crippen LogP contribution >= 0.6 is 43.6 Å². The average molecular weight is 562 g/mol. The fourth-order valence-electron chi connectivity index (χ4n) is 2.71. The van der Waals surface area contributed by atoms with Gasteiger partial charge in [0.2, 0.25) is 0 Å². The molecule has 0 unspecified atom stereocenters. The molecule has 10 heteroatoms. The number of amidine groups is 1. The lowest BCUT2D eigenvalue weighted by Gasteiger charge is -2.12. The third-order valence-corrected chi connectivity index (χ3v) is 6.22. The summed E-state index contributed by atoms with van der Waals surface area (Å²) in [5, 5.41) is 19.1. The van der Waals surface area contributed by atoms with Gasteiger partial charge in [0.1, 0.15) is 11.5 Å². The van der Waals surface area contributed by atoms with E-state index in [9.17, 15) is 9.90 Å². The number of benzene rings is 1. The first-order valence-electron chi connectivity index (χ1n) is 8.94. The number of nitrogens with zero attached hydrogens (tertiary/aromatic N) is 4. The van der Waals surface area contributed by atoms with Crippen LogP contribution in [-0.4, -0.2) is 32.3 Å². The van der Waals surface area contributed by atoms with Crippen molar-refractivity contribution in [2.24, 2.45) is 10.2 Å². The quantitative estimate of drug-likeness (QED) is 0.255. The predicted molar refractivity (Wildman–Crippen MR) is 128 cm³/mol. The molecule has 0 spiro atoms. The van der Waals surface area contributed by atoms with Crippen LogP contribution in [0.5, 0.6) is 5.75 Å². The van der Waals surface area contributed by atoms with Crippen molar-refractivity contribution in [3.63, 3.8) is 0 Å². The molecule has 0 saturated carbocycles. The third-order valence-electron chi connectivity index (χ3n) is 4.16. The van der Waals surface area contributed by atoms with Crippen LogP contribution in [0.15, 0.2) is 83.5 Å². The monoisotopic (exact) mass is 560 g/mol. The first-order valence-corrected chi connectivity index (χ1v) is 11.3. The number of rotatable bonds is 5. The minimum atomic E-state index is -0.257. The van der Waals surface area contributed by atoms with Gasteiger partial charge < -0.3 is 9.52 Å². The van der Waals surface area contributed by atoms with Crippen molar-refractivity contribution in [3.8, 4) is 5.75 Å². The van der Waals surface area contributed by atoms with Crippen LogP contribution in [0.1, 0.15) is 16.9 Å². The smallest absolute Gasteiger partial charge is 0.267 e. The van der Waals surface area contributed by atoms with E-state index in [1.807, 2.05) is 6.07 Å². The van der Waals surface area contributed by atoms with Crippen LogP contribution in [-0.2, 0) is 11.3 Å². The van der Waals surface area contributed by atoms with Crippen LogP contribution in [0.2, 0.25) is 0 Å². The molecule has 1 aromatic carbocycles. The summed E-state index contributed by atoms with van der Waals surface area (Å²) in [6, 6.07) is 10.7. The summed E-state index contributed by atoms with van der Waals surface area (Å²) in [4.78, 5) is 19.0. The molecule has 2 aromatic heterocycles. The Labute approximate surface area is 198 Å². The number of carbonyl (C=O) groups is 1. The number of carbonyl (C=O) groups excluding carboxylic acids is 1. The zero-order chi connectivity index (χ0) is 21.8. The Morgan fingerprint density at radius 2 is 2.13 bits per heavy atom. The van der Waals surface area contributed by atoms with Gasteiger partial charge in [0.25, 0.3) is 5.91 Å². The number of furan rings is 1. The minimum Gasteiger partial charge on any atom is -0.506 e. The van der Waals surface area contributed by atoms with E-state index in [-0.39, 0.29) is 18.2 Å². The molecule has 0 radical (unpaired) electrons. The minimum absolute atomic E-state index is 0.0432. The van der Waals surface area contributed by atoms with Crippen molar-refractivity contribution in [2.45, 2.75) is 6.54 Å². The highest BCUT2D eigenvalue weighted by Gasteiger charge is 2.34. The summed E-state index contributed by atoms with van der Waals surface area (Å²) in [6.45, 7) is 0.214. The van der Waals surface area contributed by atoms with Gasteiger partial charge in [-0.15, -0.1) is 5.10 Å². The number of hydrogen-bond acceptors (Lipinski definition) is 7. The normalized spacial score (nSPS) is 16.8. The molecule has 0 atom stereocenters. The molecule has 1 saturated heterocycles. The van der Waals surface area contributed by atoms with Crippen LogP contribution in [0.25, 0.3) is 6.08 Å². The summed E-state index contributed by atoms with van der Waals surface area (Å²) in [7, 11) is 0. The second-order valence-electron chi connectivity index (χ2n) is 6.32. The Kier molecular flexibility index (Phi) is 6.69. The van der Waals surface area contributed by atoms with Crippen molar-refractivity contribution >= 4 is 67.0 Å². The van der Waals surface area contributed by atoms with Gasteiger partial charge in [0, 0.05) is 28.0 Å². The van der Waals surface area contributed by atoms with Gasteiger partial charge in [0.05, 0.1) is 28.4 Å². The fourth-order valence-corrected chi connectivity index (χ4v) is 4.90. The van der Waals surface area contributed by atoms with E-state index in [0.29, 0.717) is 25.9 Å². The van der Waals surface area contributed by atoms with Crippen molar-refractivity contribution in [1.29, 1.82) is 0 Å². The van der Waals surface area contributed by atoms with Gasteiger partial charge >= 0.3 is 0 Å². The highest BCUT2D eigenvalue weighted by Crippen LogP contribution is 2.38. The van der Waals surface area contributed by atoms with Gasteiger partial charge in [-0.25, -0.2) is 0 Å². The number of thioether (sulfide) groups is 1. The number of aromatic hydroxyl groups is 1.